The highest BCUT2D eigenvalue weighted by molar-refractivity contribution is 7.98. The normalized spacial score (nSPS) is 15.2. The van der Waals surface area contributed by atoms with Crippen LogP contribution in [0.1, 0.15) is 31.2 Å². The molecule has 1 aromatic carbocycles. The third kappa shape index (κ3) is 2.99. The van der Waals surface area contributed by atoms with Crippen molar-refractivity contribution in [2.24, 2.45) is 11.7 Å². The zero-order valence-electron chi connectivity index (χ0n) is 10.7. The van der Waals surface area contributed by atoms with E-state index in [0.717, 1.165) is 35.2 Å². The standard InChI is InChI=1S/C14H20N2OS/c1-18-12-7-3-6-11(13(12)14(15)16)17-9-8-10-4-2-5-10/h3,6-7,10H,2,4-5,8-9H2,1H3,(H3,15,16). The van der Waals surface area contributed by atoms with Gasteiger partial charge >= 0.3 is 0 Å². The smallest absolute Gasteiger partial charge is 0.131 e. The van der Waals surface area contributed by atoms with Crippen LogP contribution < -0.4 is 10.5 Å². The summed E-state index contributed by atoms with van der Waals surface area (Å²) in [4.78, 5) is 1.00. The van der Waals surface area contributed by atoms with Gasteiger partial charge in [0.05, 0.1) is 12.2 Å². The van der Waals surface area contributed by atoms with Crippen LogP contribution in [-0.2, 0) is 0 Å². The molecule has 3 N–H and O–H groups in total. The molecule has 18 heavy (non-hydrogen) atoms. The number of nitrogen functional groups attached to an aromatic ring is 1. The highest BCUT2D eigenvalue weighted by Crippen LogP contribution is 2.31. The number of nitrogens with two attached hydrogens (primary N) is 1. The Labute approximate surface area is 113 Å². The van der Waals surface area contributed by atoms with Gasteiger partial charge in [0.25, 0.3) is 0 Å². The molecular formula is C14H20N2OS. The molecule has 0 spiro atoms. The summed E-state index contributed by atoms with van der Waals surface area (Å²) < 4.78 is 5.81. The zero-order valence-corrected chi connectivity index (χ0v) is 11.6. The highest BCUT2D eigenvalue weighted by Gasteiger charge is 2.18. The number of nitrogens with one attached hydrogen (secondary N) is 1. The fourth-order valence-electron chi connectivity index (χ4n) is 2.18. The predicted molar refractivity (Wildman–Crippen MR) is 76.7 cm³/mol. The van der Waals surface area contributed by atoms with Crippen LogP contribution >= 0.6 is 11.8 Å². The van der Waals surface area contributed by atoms with Crippen LogP contribution in [0.25, 0.3) is 0 Å². The second-order valence-corrected chi connectivity index (χ2v) is 5.53. The average molecular weight is 264 g/mol. The van der Waals surface area contributed by atoms with Gasteiger partial charge in [-0.3, -0.25) is 5.41 Å². The number of hydrogen-bond acceptors (Lipinski definition) is 3. The van der Waals surface area contributed by atoms with E-state index in [4.69, 9.17) is 15.9 Å². The van der Waals surface area contributed by atoms with Crippen molar-refractivity contribution < 1.29 is 4.74 Å². The van der Waals surface area contributed by atoms with E-state index in [1.54, 1.807) is 11.8 Å². The SMILES string of the molecule is CSc1cccc(OCCC2CCC2)c1C(=N)N. The minimum Gasteiger partial charge on any atom is -0.493 e. The Balaban J connectivity index is 2.03. The van der Waals surface area contributed by atoms with Gasteiger partial charge in [0.2, 0.25) is 0 Å². The summed E-state index contributed by atoms with van der Waals surface area (Å²) in [7, 11) is 0. The Morgan fingerprint density at radius 1 is 1.50 bits per heavy atom. The number of amidine groups is 1. The van der Waals surface area contributed by atoms with Crippen LogP contribution in [-0.4, -0.2) is 18.7 Å². The summed E-state index contributed by atoms with van der Waals surface area (Å²) in [6, 6.07) is 5.83. The van der Waals surface area contributed by atoms with Gasteiger partial charge < -0.3 is 10.5 Å². The summed E-state index contributed by atoms with van der Waals surface area (Å²) in [5, 5.41) is 7.67. The minimum atomic E-state index is 0.0820. The molecule has 0 amide bonds. The molecule has 1 aliphatic rings. The first kappa shape index (κ1) is 13.3. The average Bonchev–Trinajstić information content (AvgIpc) is 2.31. The molecule has 0 aromatic heterocycles. The topological polar surface area (TPSA) is 59.1 Å². The van der Waals surface area contributed by atoms with E-state index >= 15 is 0 Å². The van der Waals surface area contributed by atoms with E-state index < -0.39 is 0 Å². The van der Waals surface area contributed by atoms with Crippen molar-refractivity contribution in [2.45, 2.75) is 30.6 Å². The lowest BCUT2D eigenvalue weighted by molar-refractivity contribution is 0.221. The van der Waals surface area contributed by atoms with Gasteiger partial charge in [-0.1, -0.05) is 25.3 Å². The van der Waals surface area contributed by atoms with Crippen LogP contribution in [0, 0.1) is 11.3 Å². The Morgan fingerprint density at radius 3 is 2.83 bits per heavy atom. The van der Waals surface area contributed by atoms with Gasteiger partial charge in [0.1, 0.15) is 11.6 Å². The number of ether oxygens (including phenoxy) is 1. The number of rotatable bonds is 6. The van der Waals surface area contributed by atoms with E-state index in [1.807, 2.05) is 24.5 Å². The maximum Gasteiger partial charge on any atom is 0.131 e. The molecule has 0 radical (unpaired) electrons. The molecule has 4 heteroatoms. The van der Waals surface area contributed by atoms with Crippen molar-refractivity contribution >= 4 is 17.6 Å². The fourth-order valence-corrected chi connectivity index (χ4v) is 2.81. The monoisotopic (exact) mass is 264 g/mol. The van der Waals surface area contributed by atoms with Crippen molar-refractivity contribution in [1.82, 2.24) is 0 Å². The second-order valence-electron chi connectivity index (χ2n) is 4.68. The van der Waals surface area contributed by atoms with E-state index in [0.29, 0.717) is 0 Å². The van der Waals surface area contributed by atoms with Crippen molar-refractivity contribution in [3.8, 4) is 5.75 Å². The van der Waals surface area contributed by atoms with Crippen LogP contribution in [0.5, 0.6) is 5.75 Å². The van der Waals surface area contributed by atoms with Crippen molar-refractivity contribution in [3.05, 3.63) is 23.8 Å². The lowest BCUT2D eigenvalue weighted by Gasteiger charge is -2.25. The summed E-state index contributed by atoms with van der Waals surface area (Å²) >= 11 is 1.59. The summed E-state index contributed by atoms with van der Waals surface area (Å²) in [6.45, 7) is 0.725. The zero-order chi connectivity index (χ0) is 13.0. The van der Waals surface area contributed by atoms with Crippen LogP contribution in [0.3, 0.4) is 0 Å². The lowest BCUT2D eigenvalue weighted by atomic mass is 9.83. The fraction of sp³-hybridized carbons (Fsp3) is 0.500. The van der Waals surface area contributed by atoms with E-state index in [1.165, 1.54) is 19.3 Å². The molecular weight excluding hydrogens is 244 g/mol. The van der Waals surface area contributed by atoms with Gasteiger partial charge in [-0.25, -0.2) is 0 Å². The molecule has 2 rings (SSSR count). The quantitative estimate of drug-likeness (QED) is 0.471. The van der Waals surface area contributed by atoms with Crippen LogP contribution in [0.15, 0.2) is 23.1 Å². The Morgan fingerprint density at radius 2 is 2.28 bits per heavy atom. The van der Waals surface area contributed by atoms with Crippen LogP contribution in [0.4, 0.5) is 0 Å². The first-order chi connectivity index (χ1) is 8.72. The van der Waals surface area contributed by atoms with Gasteiger partial charge in [-0.2, -0.15) is 0 Å². The summed E-state index contributed by atoms with van der Waals surface area (Å²) in [6.07, 6.45) is 7.15. The number of hydrogen-bond donors (Lipinski definition) is 2. The number of benzene rings is 1. The third-order valence-electron chi connectivity index (χ3n) is 3.49. The Bertz CT molecular complexity index is 430. The molecule has 98 valence electrons. The van der Waals surface area contributed by atoms with Crippen LogP contribution in [0.2, 0.25) is 0 Å². The van der Waals surface area contributed by atoms with Gasteiger partial charge in [-0.05, 0) is 30.7 Å². The lowest BCUT2D eigenvalue weighted by Crippen LogP contribution is -2.17. The maximum atomic E-state index is 7.67. The molecule has 3 nitrogen and oxygen atoms in total. The minimum absolute atomic E-state index is 0.0820. The van der Waals surface area contributed by atoms with Gasteiger partial charge in [0.15, 0.2) is 0 Å². The van der Waals surface area contributed by atoms with E-state index in [9.17, 15) is 0 Å². The van der Waals surface area contributed by atoms with Crippen molar-refractivity contribution in [2.75, 3.05) is 12.9 Å². The van der Waals surface area contributed by atoms with Gasteiger partial charge in [-0.15, -0.1) is 11.8 Å². The molecule has 1 aromatic rings. The largest absolute Gasteiger partial charge is 0.493 e. The molecule has 0 saturated heterocycles. The second kappa shape index (κ2) is 6.14. The maximum absolute atomic E-state index is 7.67. The molecule has 0 bridgehead atoms. The molecule has 0 aliphatic heterocycles. The predicted octanol–water partition coefficient (Wildman–Crippen LogP) is 3.26. The van der Waals surface area contributed by atoms with Crippen molar-refractivity contribution in [1.29, 1.82) is 5.41 Å². The molecule has 1 fully saturated rings. The Hall–Kier alpha value is -1.16. The van der Waals surface area contributed by atoms with Crippen molar-refractivity contribution in [3.63, 3.8) is 0 Å². The molecule has 1 aliphatic carbocycles. The molecule has 0 unspecified atom stereocenters. The number of thioether (sulfide) groups is 1. The Kier molecular flexibility index (Phi) is 4.53. The molecule has 1 saturated carbocycles. The van der Waals surface area contributed by atoms with E-state index in [-0.39, 0.29) is 5.84 Å². The third-order valence-corrected chi connectivity index (χ3v) is 4.27. The van der Waals surface area contributed by atoms with E-state index in [2.05, 4.69) is 0 Å². The first-order valence-corrected chi connectivity index (χ1v) is 7.59. The molecule has 0 atom stereocenters. The molecule has 0 heterocycles. The summed E-state index contributed by atoms with van der Waals surface area (Å²) in [5.74, 6) is 1.67. The van der Waals surface area contributed by atoms with Gasteiger partial charge in [0, 0.05) is 4.90 Å². The summed E-state index contributed by atoms with van der Waals surface area (Å²) in [5.41, 5.74) is 6.38. The first-order valence-electron chi connectivity index (χ1n) is 6.36. The highest BCUT2D eigenvalue weighted by atomic mass is 32.2.